The van der Waals surface area contributed by atoms with Gasteiger partial charge in [0.1, 0.15) is 6.61 Å². The van der Waals surface area contributed by atoms with Gasteiger partial charge in [-0.15, -0.1) is 0 Å². The third-order valence-electron chi connectivity index (χ3n) is 2.59. The Hall–Kier alpha value is -2.08. The number of carbonyl (C=O) groups excluding carboxylic acids is 1. The van der Waals surface area contributed by atoms with E-state index in [2.05, 4.69) is 0 Å². The van der Waals surface area contributed by atoms with E-state index in [-0.39, 0.29) is 6.61 Å². The summed E-state index contributed by atoms with van der Waals surface area (Å²) in [5.41, 5.74) is 2.84. The van der Waals surface area contributed by atoms with E-state index >= 15 is 0 Å². The van der Waals surface area contributed by atoms with E-state index in [1.165, 1.54) is 0 Å². The number of aliphatic carboxylic acids is 1. The van der Waals surface area contributed by atoms with E-state index in [1.807, 2.05) is 42.7 Å². The average molecular weight is 281 g/mol. The van der Waals surface area contributed by atoms with Crippen LogP contribution in [0.15, 0.2) is 30.3 Å². The SMILES string of the molecule is CCCC[C@H](ONC(=O)OCc1ccccc1)C(=O)O. The van der Waals surface area contributed by atoms with E-state index in [1.54, 1.807) is 0 Å². The third kappa shape index (κ3) is 6.19. The first-order chi connectivity index (χ1) is 9.63. The summed E-state index contributed by atoms with van der Waals surface area (Å²) in [5.74, 6) is -1.11. The number of nitrogens with one attached hydrogen (secondary N) is 1. The number of benzene rings is 1. The Morgan fingerprint density at radius 2 is 2.00 bits per heavy atom. The van der Waals surface area contributed by atoms with Crippen molar-refractivity contribution in [3.63, 3.8) is 0 Å². The Kier molecular flexibility index (Phi) is 7.13. The van der Waals surface area contributed by atoms with Crippen LogP contribution < -0.4 is 5.48 Å². The molecule has 2 N–H and O–H groups in total. The minimum Gasteiger partial charge on any atom is -0.479 e. The lowest BCUT2D eigenvalue weighted by atomic mass is 10.2. The molecule has 6 nitrogen and oxygen atoms in total. The number of unbranched alkanes of at least 4 members (excludes halogenated alkanes) is 1. The van der Waals surface area contributed by atoms with Gasteiger partial charge >= 0.3 is 12.1 Å². The van der Waals surface area contributed by atoms with Crippen molar-refractivity contribution in [3.05, 3.63) is 35.9 Å². The molecule has 0 aliphatic rings. The number of carbonyl (C=O) groups is 2. The first-order valence-electron chi connectivity index (χ1n) is 6.48. The van der Waals surface area contributed by atoms with Gasteiger partial charge in [0, 0.05) is 0 Å². The summed E-state index contributed by atoms with van der Waals surface area (Å²) < 4.78 is 4.89. The predicted octanol–water partition coefficient (Wildman–Crippen LogP) is 2.49. The summed E-state index contributed by atoms with van der Waals surface area (Å²) in [6, 6.07) is 9.15. The minimum absolute atomic E-state index is 0.0999. The summed E-state index contributed by atoms with van der Waals surface area (Å²) in [6.07, 6.45) is 0.0320. The Morgan fingerprint density at radius 3 is 2.60 bits per heavy atom. The highest BCUT2D eigenvalue weighted by Crippen LogP contribution is 2.04. The fourth-order valence-electron chi connectivity index (χ4n) is 1.49. The molecule has 0 bridgehead atoms. The Labute approximate surface area is 117 Å². The van der Waals surface area contributed by atoms with Crippen molar-refractivity contribution >= 4 is 12.1 Å². The maximum atomic E-state index is 11.4. The molecule has 110 valence electrons. The van der Waals surface area contributed by atoms with Crippen LogP contribution in [0.25, 0.3) is 0 Å². The van der Waals surface area contributed by atoms with Gasteiger partial charge in [-0.3, -0.25) is 4.84 Å². The van der Waals surface area contributed by atoms with Gasteiger partial charge in [-0.1, -0.05) is 50.1 Å². The van der Waals surface area contributed by atoms with Crippen molar-refractivity contribution in [2.75, 3.05) is 0 Å². The second-order valence-corrected chi connectivity index (χ2v) is 4.25. The monoisotopic (exact) mass is 281 g/mol. The molecule has 20 heavy (non-hydrogen) atoms. The predicted molar refractivity (Wildman–Crippen MR) is 71.8 cm³/mol. The van der Waals surface area contributed by atoms with Gasteiger partial charge in [0.15, 0.2) is 6.10 Å². The molecule has 1 aromatic rings. The van der Waals surface area contributed by atoms with Gasteiger partial charge in [0.05, 0.1) is 0 Å². The van der Waals surface area contributed by atoms with Gasteiger partial charge in [-0.2, -0.15) is 5.48 Å². The maximum Gasteiger partial charge on any atom is 0.431 e. The van der Waals surface area contributed by atoms with Crippen molar-refractivity contribution in [3.8, 4) is 0 Å². The summed E-state index contributed by atoms with van der Waals surface area (Å²) in [6.45, 7) is 2.04. The zero-order valence-corrected chi connectivity index (χ0v) is 11.4. The summed E-state index contributed by atoms with van der Waals surface area (Å²) >= 11 is 0. The maximum absolute atomic E-state index is 11.4. The third-order valence-corrected chi connectivity index (χ3v) is 2.59. The van der Waals surface area contributed by atoms with Gasteiger partial charge in [0.25, 0.3) is 0 Å². The van der Waals surface area contributed by atoms with Gasteiger partial charge in [-0.25, -0.2) is 9.59 Å². The normalized spacial score (nSPS) is 11.7. The van der Waals surface area contributed by atoms with Crippen molar-refractivity contribution in [2.24, 2.45) is 0 Å². The summed E-state index contributed by atoms with van der Waals surface area (Å²) in [5, 5.41) is 8.90. The van der Waals surface area contributed by atoms with Crippen LogP contribution in [0.2, 0.25) is 0 Å². The lowest BCUT2D eigenvalue weighted by Crippen LogP contribution is -2.34. The second kappa shape index (κ2) is 8.92. The van der Waals surface area contributed by atoms with Gasteiger partial charge < -0.3 is 9.84 Å². The highest BCUT2D eigenvalue weighted by Gasteiger charge is 2.19. The van der Waals surface area contributed by atoms with Crippen molar-refractivity contribution in [1.29, 1.82) is 0 Å². The zero-order chi connectivity index (χ0) is 14.8. The first-order valence-corrected chi connectivity index (χ1v) is 6.48. The molecule has 0 aliphatic carbocycles. The molecule has 1 rings (SSSR count). The highest BCUT2D eigenvalue weighted by atomic mass is 16.7. The van der Waals surface area contributed by atoms with Gasteiger partial charge in [0.2, 0.25) is 0 Å². The van der Waals surface area contributed by atoms with Gasteiger partial charge in [-0.05, 0) is 12.0 Å². The molecule has 1 aromatic carbocycles. The molecule has 0 aromatic heterocycles. The van der Waals surface area contributed by atoms with Crippen LogP contribution in [0.3, 0.4) is 0 Å². The molecule has 0 spiro atoms. The number of carboxylic acids is 1. The Bertz CT molecular complexity index is 421. The molecular weight excluding hydrogens is 262 g/mol. The van der Waals surface area contributed by atoms with Crippen molar-refractivity contribution in [1.82, 2.24) is 5.48 Å². The Morgan fingerprint density at radius 1 is 1.30 bits per heavy atom. The lowest BCUT2D eigenvalue weighted by Gasteiger charge is -2.13. The zero-order valence-electron chi connectivity index (χ0n) is 11.4. The van der Waals surface area contributed by atoms with E-state index in [4.69, 9.17) is 14.7 Å². The lowest BCUT2D eigenvalue weighted by molar-refractivity contribution is -0.155. The molecule has 1 amide bonds. The van der Waals surface area contributed by atoms with E-state index in [0.29, 0.717) is 12.8 Å². The molecule has 0 aliphatic heterocycles. The first kappa shape index (κ1) is 16.0. The van der Waals surface area contributed by atoms with Crippen LogP contribution in [0, 0.1) is 0 Å². The van der Waals surface area contributed by atoms with E-state index in [0.717, 1.165) is 12.0 Å². The number of hydroxylamine groups is 1. The molecule has 0 radical (unpaired) electrons. The highest BCUT2D eigenvalue weighted by molar-refractivity contribution is 5.72. The topological polar surface area (TPSA) is 84.9 Å². The van der Waals surface area contributed by atoms with Crippen LogP contribution in [0.4, 0.5) is 4.79 Å². The number of ether oxygens (including phenoxy) is 1. The van der Waals surface area contributed by atoms with Crippen LogP contribution >= 0.6 is 0 Å². The number of hydrogen-bond acceptors (Lipinski definition) is 4. The molecule has 0 saturated heterocycles. The minimum atomic E-state index is -1.11. The molecular formula is C14H19NO5. The van der Waals surface area contributed by atoms with E-state index in [9.17, 15) is 9.59 Å². The number of hydrogen-bond donors (Lipinski definition) is 2. The second-order valence-electron chi connectivity index (χ2n) is 4.25. The molecule has 0 heterocycles. The number of carboxylic acid groups (broad SMARTS) is 1. The summed E-state index contributed by atoms with van der Waals surface area (Å²) in [7, 11) is 0. The van der Waals surface area contributed by atoms with Crippen LogP contribution in [-0.2, 0) is 21.0 Å². The van der Waals surface area contributed by atoms with Crippen LogP contribution in [0.5, 0.6) is 0 Å². The average Bonchev–Trinajstić information content (AvgIpc) is 2.46. The smallest absolute Gasteiger partial charge is 0.431 e. The number of rotatable bonds is 8. The standard InChI is InChI=1S/C14H19NO5/c1-2-3-9-12(13(16)17)20-15-14(18)19-10-11-7-5-4-6-8-11/h4-8,12H,2-3,9-10H2,1H3,(H,15,18)(H,16,17)/t12-/m0/s1. The molecule has 0 unspecified atom stereocenters. The molecule has 6 heteroatoms. The fourth-order valence-corrected chi connectivity index (χ4v) is 1.49. The molecule has 0 saturated carbocycles. The van der Waals surface area contributed by atoms with Crippen molar-refractivity contribution < 1.29 is 24.3 Å². The fraction of sp³-hybridized carbons (Fsp3) is 0.429. The molecule has 1 atom stereocenters. The van der Waals surface area contributed by atoms with E-state index < -0.39 is 18.2 Å². The largest absolute Gasteiger partial charge is 0.479 e. The van der Waals surface area contributed by atoms with Crippen LogP contribution in [-0.4, -0.2) is 23.3 Å². The van der Waals surface area contributed by atoms with Crippen molar-refractivity contribution in [2.45, 2.75) is 38.9 Å². The quantitative estimate of drug-likeness (QED) is 0.715. The Balaban J connectivity index is 2.29. The molecule has 0 fully saturated rings. The number of amides is 1. The van der Waals surface area contributed by atoms with Crippen LogP contribution in [0.1, 0.15) is 31.7 Å². The summed E-state index contributed by atoms with van der Waals surface area (Å²) in [4.78, 5) is 27.1.